The van der Waals surface area contributed by atoms with Gasteiger partial charge in [-0.05, 0) is 23.8 Å². The number of phenolic OH excluding ortho intramolecular Hbond substituents is 2. The van der Waals surface area contributed by atoms with Crippen molar-refractivity contribution in [2.75, 3.05) is 0 Å². The van der Waals surface area contributed by atoms with Gasteiger partial charge in [-0.2, -0.15) is 0 Å². The summed E-state index contributed by atoms with van der Waals surface area (Å²) in [6.45, 7) is 0. The normalized spacial score (nSPS) is 29.5. The molecule has 1 aromatic carbocycles. The van der Waals surface area contributed by atoms with E-state index in [0.717, 1.165) is 6.08 Å². The molecule has 0 heterocycles. The molecule has 1 aliphatic carbocycles. The van der Waals surface area contributed by atoms with Crippen molar-refractivity contribution in [3.63, 3.8) is 0 Å². The van der Waals surface area contributed by atoms with Crippen LogP contribution in [0.15, 0.2) is 24.3 Å². The number of carbonyl (C=O) groups is 2. The van der Waals surface area contributed by atoms with Crippen molar-refractivity contribution in [3.8, 4) is 11.5 Å². The van der Waals surface area contributed by atoms with Crippen molar-refractivity contribution < 1.29 is 45.0 Å². The minimum atomic E-state index is -2.31. The van der Waals surface area contributed by atoms with Gasteiger partial charge in [-0.3, -0.25) is 0 Å². The SMILES string of the molecule is O=C(/C=C\c1ccc(O)c(O)c1)O[C@@H]1C[C@](O)(C(=O)O)C[C@H](O)[C@@H]1O. The molecular weight excluding hydrogens is 336 g/mol. The van der Waals surface area contributed by atoms with Gasteiger partial charge in [0.25, 0.3) is 0 Å². The number of aliphatic hydroxyl groups excluding tert-OH is 2. The Morgan fingerprint density at radius 2 is 1.84 bits per heavy atom. The molecule has 0 radical (unpaired) electrons. The molecule has 1 aromatic rings. The highest BCUT2D eigenvalue weighted by Gasteiger charge is 2.50. The highest BCUT2D eigenvalue weighted by molar-refractivity contribution is 5.87. The molecule has 1 saturated carbocycles. The molecule has 9 heteroatoms. The van der Waals surface area contributed by atoms with Crippen LogP contribution in [0.5, 0.6) is 11.5 Å². The average molecular weight is 354 g/mol. The Bertz CT molecular complexity index is 699. The highest BCUT2D eigenvalue weighted by Crippen LogP contribution is 2.31. The van der Waals surface area contributed by atoms with E-state index in [1.54, 1.807) is 0 Å². The lowest BCUT2D eigenvalue weighted by Crippen LogP contribution is -2.57. The van der Waals surface area contributed by atoms with Gasteiger partial charge in [0, 0.05) is 18.9 Å². The molecule has 4 atom stereocenters. The molecule has 2 rings (SSSR count). The van der Waals surface area contributed by atoms with E-state index in [-0.39, 0.29) is 11.5 Å². The lowest BCUT2D eigenvalue weighted by Gasteiger charge is -2.39. The zero-order chi connectivity index (χ0) is 18.8. The summed E-state index contributed by atoms with van der Waals surface area (Å²) >= 11 is 0. The maximum Gasteiger partial charge on any atom is 0.335 e. The Hall–Kier alpha value is -2.62. The van der Waals surface area contributed by atoms with E-state index in [1.807, 2.05) is 0 Å². The quantitative estimate of drug-likeness (QED) is 0.234. The number of ether oxygens (including phenoxy) is 1. The minimum absolute atomic E-state index is 0.327. The van der Waals surface area contributed by atoms with E-state index in [2.05, 4.69) is 0 Å². The maximum absolute atomic E-state index is 11.8. The summed E-state index contributed by atoms with van der Waals surface area (Å²) in [5.74, 6) is -3.24. The van der Waals surface area contributed by atoms with Crippen LogP contribution in [0.1, 0.15) is 18.4 Å². The number of hydrogen-bond acceptors (Lipinski definition) is 8. The number of aliphatic carboxylic acids is 1. The summed E-state index contributed by atoms with van der Waals surface area (Å²) < 4.78 is 4.92. The predicted octanol–water partition coefficient (Wildman–Crippen LogP) is -0.646. The van der Waals surface area contributed by atoms with Crippen LogP contribution in [0.3, 0.4) is 0 Å². The van der Waals surface area contributed by atoms with E-state index in [9.17, 15) is 35.1 Å². The van der Waals surface area contributed by atoms with E-state index in [4.69, 9.17) is 9.84 Å². The lowest BCUT2D eigenvalue weighted by molar-refractivity contribution is -0.196. The maximum atomic E-state index is 11.8. The van der Waals surface area contributed by atoms with Gasteiger partial charge in [-0.25, -0.2) is 9.59 Å². The van der Waals surface area contributed by atoms with Crippen LogP contribution in [-0.2, 0) is 14.3 Å². The number of benzene rings is 1. The summed E-state index contributed by atoms with van der Waals surface area (Å²) in [6.07, 6.45) is -3.44. The van der Waals surface area contributed by atoms with Crippen molar-refractivity contribution in [1.82, 2.24) is 0 Å². The second kappa shape index (κ2) is 7.09. The molecule has 136 valence electrons. The van der Waals surface area contributed by atoms with Gasteiger partial charge >= 0.3 is 11.9 Å². The van der Waals surface area contributed by atoms with Crippen molar-refractivity contribution in [2.45, 2.75) is 36.8 Å². The number of rotatable bonds is 4. The number of aliphatic hydroxyl groups is 3. The van der Waals surface area contributed by atoms with Gasteiger partial charge < -0.3 is 35.4 Å². The molecule has 0 spiro atoms. The number of hydrogen-bond donors (Lipinski definition) is 6. The zero-order valence-corrected chi connectivity index (χ0v) is 12.9. The van der Waals surface area contributed by atoms with Crippen LogP contribution in [0.2, 0.25) is 0 Å². The average Bonchev–Trinajstić information content (AvgIpc) is 2.53. The second-order valence-electron chi connectivity index (χ2n) is 5.86. The van der Waals surface area contributed by atoms with Crippen LogP contribution in [0.25, 0.3) is 6.08 Å². The van der Waals surface area contributed by atoms with Crippen molar-refractivity contribution >= 4 is 18.0 Å². The molecule has 1 fully saturated rings. The topological polar surface area (TPSA) is 165 Å². The molecule has 0 aliphatic heterocycles. The summed E-state index contributed by atoms with van der Waals surface area (Å²) in [6, 6.07) is 3.83. The van der Waals surface area contributed by atoms with Crippen LogP contribution < -0.4 is 0 Å². The summed E-state index contributed by atoms with van der Waals surface area (Å²) in [7, 11) is 0. The molecule has 0 amide bonds. The van der Waals surface area contributed by atoms with Crippen LogP contribution in [0.4, 0.5) is 0 Å². The van der Waals surface area contributed by atoms with Crippen LogP contribution in [0, 0.1) is 0 Å². The first-order valence-corrected chi connectivity index (χ1v) is 7.35. The number of esters is 1. The fraction of sp³-hybridized carbons (Fsp3) is 0.375. The number of carboxylic acid groups (broad SMARTS) is 1. The smallest absolute Gasteiger partial charge is 0.335 e. The Morgan fingerprint density at radius 3 is 2.44 bits per heavy atom. The molecule has 0 unspecified atom stereocenters. The number of carboxylic acids is 1. The van der Waals surface area contributed by atoms with E-state index >= 15 is 0 Å². The fourth-order valence-electron chi connectivity index (χ4n) is 2.53. The molecule has 1 aliphatic rings. The molecular formula is C16H18O9. The zero-order valence-electron chi connectivity index (χ0n) is 12.9. The van der Waals surface area contributed by atoms with E-state index in [1.165, 1.54) is 24.3 Å². The highest BCUT2D eigenvalue weighted by atomic mass is 16.6. The standard InChI is InChI=1S/C16H18O9/c17-9-3-1-8(5-10(9)18)2-4-13(20)25-12-7-16(24,15(22)23)6-11(19)14(12)21/h1-5,11-12,14,17-19,21,24H,6-7H2,(H,22,23)/b4-2-/t11-,12+,14-,16-/m0/s1. The number of carbonyl (C=O) groups excluding carboxylic acids is 1. The van der Waals surface area contributed by atoms with Gasteiger partial charge in [0.05, 0.1) is 6.10 Å². The lowest BCUT2D eigenvalue weighted by atomic mass is 9.79. The monoisotopic (exact) mass is 354 g/mol. The first-order chi connectivity index (χ1) is 11.6. The Labute approximate surface area is 142 Å². The van der Waals surface area contributed by atoms with Crippen molar-refractivity contribution in [1.29, 1.82) is 0 Å². The van der Waals surface area contributed by atoms with E-state index in [0.29, 0.717) is 5.56 Å². The first kappa shape index (κ1) is 18.7. The Kier molecular flexibility index (Phi) is 5.31. The van der Waals surface area contributed by atoms with Gasteiger partial charge in [-0.1, -0.05) is 6.07 Å². The summed E-state index contributed by atoms with van der Waals surface area (Å²) in [5, 5.41) is 57.0. The van der Waals surface area contributed by atoms with Crippen molar-refractivity contribution in [2.24, 2.45) is 0 Å². The third kappa shape index (κ3) is 4.27. The van der Waals surface area contributed by atoms with Gasteiger partial charge in [-0.15, -0.1) is 0 Å². The number of aromatic hydroxyl groups is 2. The third-order valence-electron chi connectivity index (χ3n) is 3.94. The molecule has 0 saturated heterocycles. The van der Waals surface area contributed by atoms with Crippen molar-refractivity contribution in [3.05, 3.63) is 29.8 Å². The Balaban J connectivity index is 2.06. The minimum Gasteiger partial charge on any atom is -0.504 e. The second-order valence-corrected chi connectivity index (χ2v) is 5.86. The molecule has 9 nitrogen and oxygen atoms in total. The summed E-state index contributed by atoms with van der Waals surface area (Å²) in [5.41, 5.74) is -1.94. The first-order valence-electron chi connectivity index (χ1n) is 7.35. The molecule has 25 heavy (non-hydrogen) atoms. The molecule has 0 bridgehead atoms. The third-order valence-corrected chi connectivity index (χ3v) is 3.94. The van der Waals surface area contributed by atoms with Gasteiger partial charge in [0.1, 0.15) is 12.2 Å². The van der Waals surface area contributed by atoms with Gasteiger partial charge in [0.15, 0.2) is 17.1 Å². The molecule has 0 aromatic heterocycles. The van der Waals surface area contributed by atoms with E-state index < -0.39 is 48.7 Å². The van der Waals surface area contributed by atoms with Crippen LogP contribution >= 0.6 is 0 Å². The molecule has 6 N–H and O–H groups in total. The van der Waals surface area contributed by atoms with Gasteiger partial charge in [0.2, 0.25) is 0 Å². The largest absolute Gasteiger partial charge is 0.504 e. The number of phenols is 2. The van der Waals surface area contributed by atoms with Crippen LogP contribution in [-0.4, -0.2) is 66.5 Å². The Morgan fingerprint density at radius 1 is 1.16 bits per heavy atom. The fourth-order valence-corrected chi connectivity index (χ4v) is 2.53. The summed E-state index contributed by atoms with van der Waals surface area (Å²) in [4.78, 5) is 22.9. The predicted molar refractivity (Wildman–Crippen MR) is 82.5 cm³/mol.